The highest BCUT2D eigenvalue weighted by molar-refractivity contribution is 5.78. The lowest BCUT2D eigenvalue weighted by atomic mass is 9.74. The maximum absolute atomic E-state index is 2.56. The van der Waals surface area contributed by atoms with Crippen LogP contribution in [0.3, 0.4) is 0 Å². The summed E-state index contributed by atoms with van der Waals surface area (Å²) in [5.41, 5.74) is 13.9. The minimum absolute atomic E-state index is 0.228. The number of benzene rings is 2. The van der Waals surface area contributed by atoms with Crippen molar-refractivity contribution in [3.05, 3.63) is 99.5 Å². The summed E-state index contributed by atoms with van der Waals surface area (Å²) in [4.78, 5) is 5.12. The van der Waals surface area contributed by atoms with E-state index < -0.39 is 0 Å². The van der Waals surface area contributed by atoms with Crippen molar-refractivity contribution in [2.75, 3.05) is 9.80 Å². The Bertz CT molecular complexity index is 1180. The lowest BCUT2D eigenvalue weighted by molar-refractivity contribution is 0.481. The number of nitrogens with zero attached hydrogens (tertiary/aromatic N) is 2. The molecule has 2 aromatic rings. The molecule has 0 saturated heterocycles. The van der Waals surface area contributed by atoms with E-state index >= 15 is 0 Å². The Morgan fingerprint density at radius 2 is 0.795 bits per heavy atom. The van der Waals surface area contributed by atoms with Crippen LogP contribution in [0, 0.1) is 11.6 Å². The molecule has 1 radical (unpaired) electrons. The molecule has 1 aliphatic carbocycles. The number of hydrogen-bond acceptors (Lipinski definition) is 2. The normalized spacial score (nSPS) is 18.0. The van der Waals surface area contributed by atoms with Crippen LogP contribution < -0.4 is 9.80 Å². The quantitative estimate of drug-likeness (QED) is 0.356. The van der Waals surface area contributed by atoms with Crippen LogP contribution in [0.5, 0.6) is 0 Å². The van der Waals surface area contributed by atoms with Gasteiger partial charge in [0.1, 0.15) is 0 Å². The predicted molar refractivity (Wildman–Crippen MR) is 171 cm³/mol. The van der Waals surface area contributed by atoms with Crippen LogP contribution in [0.4, 0.5) is 11.4 Å². The molecule has 1 heterocycles. The first kappa shape index (κ1) is 29.2. The number of anilines is 2. The van der Waals surface area contributed by atoms with E-state index in [-0.39, 0.29) is 5.41 Å². The molecule has 39 heavy (non-hydrogen) atoms. The lowest BCUT2D eigenvalue weighted by Gasteiger charge is -2.46. The van der Waals surface area contributed by atoms with E-state index in [9.17, 15) is 0 Å². The summed E-state index contributed by atoms with van der Waals surface area (Å²) in [6.07, 6.45) is 6.02. The number of hydrogen-bond donors (Lipinski definition) is 0. The van der Waals surface area contributed by atoms with Gasteiger partial charge in [0, 0.05) is 23.8 Å². The second kappa shape index (κ2) is 10.7. The molecule has 1 aliphatic heterocycles. The van der Waals surface area contributed by atoms with Crippen LogP contribution >= 0.6 is 0 Å². The summed E-state index contributed by atoms with van der Waals surface area (Å²) in [7, 11) is 0. The Morgan fingerprint density at radius 1 is 0.513 bits per heavy atom. The molecule has 0 atom stereocenters. The van der Waals surface area contributed by atoms with E-state index in [1.54, 1.807) is 0 Å². The third kappa shape index (κ3) is 4.58. The molecule has 0 bridgehead atoms. The topological polar surface area (TPSA) is 6.48 Å². The molecule has 2 aliphatic rings. The molecule has 0 unspecified atom stereocenters. The van der Waals surface area contributed by atoms with Gasteiger partial charge in [-0.1, -0.05) is 103 Å². The zero-order chi connectivity index (χ0) is 29.0. The lowest BCUT2D eigenvalue weighted by Crippen LogP contribution is -2.45. The molecule has 0 fully saturated rings. The molecular weight excluding hydrogens is 472 g/mol. The first-order valence-corrected chi connectivity index (χ1v) is 15.0. The highest BCUT2D eigenvalue weighted by atomic mass is 15.4. The van der Waals surface area contributed by atoms with E-state index in [0.717, 1.165) is 0 Å². The molecule has 0 aromatic heterocycles. The van der Waals surface area contributed by atoms with Crippen molar-refractivity contribution in [2.24, 2.45) is 5.41 Å². The Morgan fingerprint density at radius 3 is 1.05 bits per heavy atom. The Balaban J connectivity index is 2.09. The maximum atomic E-state index is 2.56. The van der Waals surface area contributed by atoms with Crippen LogP contribution in [0.15, 0.2) is 71.1 Å². The van der Waals surface area contributed by atoms with E-state index in [2.05, 4.69) is 149 Å². The Hall–Kier alpha value is -2.74. The van der Waals surface area contributed by atoms with E-state index in [1.165, 1.54) is 62.1 Å². The minimum Gasteiger partial charge on any atom is -0.317 e. The van der Waals surface area contributed by atoms with Gasteiger partial charge in [0.15, 0.2) is 6.17 Å². The van der Waals surface area contributed by atoms with Crippen LogP contribution in [0.25, 0.3) is 0 Å². The molecular formula is C37H51N2. The smallest absolute Gasteiger partial charge is 0.179 e. The molecule has 209 valence electrons. The van der Waals surface area contributed by atoms with Gasteiger partial charge in [-0.3, -0.25) is 0 Å². The molecule has 2 heteroatoms. The van der Waals surface area contributed by atoms with Crippen molar-refractivity contribution in [1.29, 1.82) is 0 Å². The second-order valence-corrected chi connectivity index (χ2v) is 13.2. The van der Waals surface area contributed by atoms with E-state index in [4.69, 9.17) is 0 Å². The summed E-state index contributed by atoms with van der Waals surface area (Å²) in [6, 6.07) is 13.8. The average Bonchev–Trinajstić information content (AvgIpc) is 3.39. The molecule has 0 spiro atoms. The van der Waals surface area contributed by atoms with Gasteiger partial charge in [-0.25, -0.2) is 0 Å². The van der Waals surface area contributed by atoms with Gasteiger partial charge in [-0.2, -0.15) is 0 Å². The number of allylic oxidation sites excluding steroid dienone is 2. The van der Waals surface area contributed by atoms with Gasteiger partial charge in [0.05, 0.1) is 5.41 Å². The largest absolute Gasteiger partial charge is 0.317 e. The highest BCUT2D eigenvalue weighted by Crippen LogP contribution is 2.59. The van der Waals surface area contributed by atoms with Crippen molar-refractivity contribution in [2.45, 2.75) is 114 Å². The van der Waals surface area contributed by atoms with E-state index in [0.29, 0.717) is 23.7 Å². The van der Waals surface area contributed by atoms with Gasteiger partial charge < -0.3 is 9.80 Å². The fourth-order valence-corrected chi connectivity index (χ4v) is 6.74. The van der Waals surface area contributed by atoms with Crippen LogP contribution in [-0.4, -0.2) is 0 Å². The van der Waals surface area contributed by atoms with E-state index in [1.807, 2.05) is 0 Å². The highest BCUT2D eigenvalue weighted by Gasteiger charge is 2.52. The van der Waals surface area contributed by atoms with Crippen molar-refractivity contribution < 1.29 is 0 Å². The fraction of sp³-hybridized carbons (Fsp3) is 0.486. The van der Waals surface area contributed by atoms with Crippen molar-refractivity contribution >= 4 is 11.4 Å². The van der Waals surface area contributed by atoms with Gasteiger partial charge in [-0.05, 0) is 91.7 Å². The SMILES string of the molecule is CC1=C(C)C(C)([C]2N(c3c(C(C)C)cccc3C(C)C)C=CN2c2c(C(C)C)cccc2C(C)C)C(C)=C1C. The number of para-hydroxylation sites is 2. The third-order valence-corrected chi connectivity index (χ3v) is 9.62. The fourth-order valence-electron chi connectivity index (χ4n) is 6.74. The van der Waals surface area contributed by atoms with Crippen molar-refractivity contribution in [3.63, 3.8) is 0 Å². The number of rotatable bonds is 7. The molecule has 2 aromatic carbocycles. The zero-order valence-electron chi connectivity index (χ0n) is 26.8. The first-order valence-electron chi connectivity index (χ1n) is 15.0. The Labute approximate surface area is 239 Å². The summed E-state index contributed by atoms with van der Waals surface area (Å²) in [5.74, 6) is 1.68. The predicted octanol–water partition coefficient (Wildman–Crippen LogP) is 11.2. The van der Waals surface area contributed by atoms with Crippen molar-refractivity contribution in [1.82, 2.24) is 0 Å². The van der Waals surface area contributed by atoms with Crippen LogP contribution in [0.1, 0.15) is 136 Å². The van der Waals surface area contributed by atoms with Gasteiger partial charge in [0.2, 0.25) is 0 Å². The molecule has 0 amide bonds. The van der Waals surface area contributed by atoms with Gasteiger partial charge in [-0.15, -0.1) is 0 Å². The second-order valence-electron chi connectivity index (χ2n) is 13.2. The monoisotopic (exact) mass is 523 g/mol. The first-order chi connectivity index (χ1) is 18.2. The van der Waals surface area contributed by atoms with Crippen molar-refractivity contribution in [3.8, 4) is 0 Å². The third-order valence-electron chi connectivity index (χ3n) is 9.62. The maximum Gasteiger partial charge on any atom is 0.179 e. The van der Waals surface area contributed by atoms with Crippen LogP contribution in [-0.2, 0) is 0 Å². The average molecular weight is 524 g/mol. The van der Waals surface area contributed by atoms with Gasteiger partial charge in [0.25, 0.3) is 0 Å². The molecule has 4 rings (SSSR count). The van der Waals surface area contributed by atoms with Gasteiger partial charge >= 0.3 is 0 Å². The zero-order valence-corrected chi connectivity index (χ0v) is 26.8. The Kier molecular flexibility index (Phi) is 8.01. The summed E-state index contributed by atoms with van der Waals surface area (Å²) < 4.78 is 0. The summed E-state index contributed by atoms with van der Waals surface area (Å²) >= 11 is 0. The molecule has 2 nitrogen and oxygen atoms in total. The summed E-state index contributed by atoms with van der Waals surface area (Å²) in [5, 5.41) is 0. The molecule has 0 N–H and O–H groups in total. The molecule has 0 saturated carbocycles. The minimum atomic E-state index is -0.228. The standard InChI is InChI=1S/C37H51N2/c1-22(2)30-16-14-17-31(23(3)4)34(30)38-20-21-39(35-32(24(5)6)18-15-19-33(35)25(7)8)36(38)37(13)28(11)26(9)27(10)29(37)12/h14-25H,1-13H3. The van der Waals surface area contributed by atoms with Crippen LogP contribution in [0.2, 0.25) is 0 Å². The summed E-state index contributed by atoms with van der Waals surface area (Å²) in [6.45, 7) is 30.4.